The lowest BCUT2D eigenvalue weighted by atomic mass is 9.92. The van der Waals surface area contributed by atoms with Gasteiger partial charge in [0.1, 0.15) is 0 Å². The molecule has 3 heteroatoms. The van der Waals surface area contributed by atoms with Crippen LogP contribution in [-0.4, -0.2) is 36.0 Å². The minimum Gasteiger partial charge on any atom is -0.339 e. The topological polar surface area (TPSA) is 32.3 Å². The third-order valence-electron chi connectivity index (χ3n) is 5.54. The molecular weight excluding hydrogens is 236 g/mol. The van der Waals surface area contributed by atoms with Crippen molar-refractivity contribution in [2.75, 3.05) is 13.1 Å². The van der Waals surface area contributed by atoms with Crippen LogP contribution < -0.4 is 5.32 Å². The Balaban J connectivity index is 1.61. The Labute approximate surface area is 117 Å². The minimum absolute atomic E-state index is 0.248. The summed E-state index contributed by atoms with van der Waals surface area (Å²) >= 11 is 0. The summed E-state index contributed by atoms with van der Waals surface area (Å²) in [6.45, 7) is 4.14. The van der Waals surface area contributed by atoms with E-state index >= 15 is 0 Å². The molecule has 1 N–H and O–H groups in total. The Morgan fingerprint density at radius 3 is 2.53 bits per heavy atom. The lowest BCUT2D eigenvalue weighted by molar-refractivity contribution is -0.138. The van der Waals surface area contributed by atoms with E-state index in [9.17, 15) is 4.79 Å². The smallest absolute Gasteiger partial charge is 0.227 e. The first-order valence-electron chi connectivity index (χ1n) is 8.29. The molecule has 0 aromatic rings. The van der Waals surface area contributed by atoms with Crippen LogP contribution in [0.5, 0.6) is 0 Å². The predicted octanol–water partition coefficient (Wildman–Crippen LogP) is 2.56. The quantitative estimate of drug-likeness (QED) is 0.831. The first-order chi connectivity index (χ1) is 9.25. The zero-order valence-electron chi connectivity index (χ0n) is 12.2. The van der Waals surface area contributed by atoms with Crippen LogP contribution in [0.15, 0.2) is 0 Å². The maximum atomic E-state index is 12.8. The maximum absolute atomic E-state index is 12.8. The molecule has 0 spiro atoms. The molecule has 2 heterocycles. The van der Waals surface area contributed by atoms with Crippen LogP contribution in [0, 0.1) is 11.8 Å². The SMILES string of the molecule is CC1CCC(C(=O)N2CCCC2C2CCCC2)CN1. The number of nitrogens with one attached hydrogen (secondary N) is 1. The molecule has 3 aliphatic rings. The second kappa shape index (κ2) is 5.82. The van der Waals surface area contributed by atoms with Crippen LogP contribution >= 0.6 is 0 Å². The molecule has 3 atom stereocenters. The molecular formula is C16H28N2O. The summed E-state index contributed by atoms with van der Waals surface area (Å²) < 4.78 is 0. The summed E-state index contributed by atoms with van der Waals surface area (Å²) in [7, 11) is 0. The van der Waals surface area contributed by atoms with Gasteiger partial charge in [0.25, 0.3) is 0 Å². The number of nitrogens with zero attached hydrogens (tertiary/aromatic N) is 1. The first kappa shape index (κ1) is 13.4. The number of likely N-dealkylation sites (tertiary alicyclic amines) is 1. The van der Waals surface area contributed by atoms with Gasteiger partial charge in [-0.3, -0.25) is 4.79 Å². The molecule has 0 bridgehead atoms. The molecule has 0 aromatic heterocycles. The molecule has 1 amide bonds. The van der Waals surface area contributed by atoms with Crippen LogP contribution in [0.2, 0.25) is 0 Å². The van der Waals surface area contributed by atoms with Crippen molar-refractivity contribution in [3.05, 3.63) is 0 Å². The molecule has 3 rings (SSSR count). The van der Waals surface area contributed by atoms with Crippen LogP contribution in [0.3, 0.4) is 0 Å². The van der Waals surface area contributed by atoms with E-state index in [1.807, 2.05) is 0 Å². The van der Waals surface area contributed by atoms with Crippen molar-refractivity contribution in [2.24, 2.45) is 11.8 Å². The molecule has 3 unspecified atom stereocenters. The number of carbonyl (C=O) groups excluding carboxylic acids is 1. The van der Waals surface area contributed by atoms with Gasteiger partial charge in [0.05, 0.1) is 5.92 Å². The summed E-state index contributed by atoms with van der Waals surface area (Å²) in [6, 6.07) is 1.17. The lowest BCUT2D eigenvalue weighted by Gasteiger charge is -2.35. The molecule has 1 aliphatic carbocycles. The Hall–Kier alpha value is -0.570. The monoisotopic (exact) mass is 264 g/mol. The second-order valence-electron chi connectivity index (χ2n) is 6.87. The van der Waals surface area contributed by atoms with E-state index in [4.69, 9.17) is 0 Å². The highest BCUT2D eigenvalue weighted by atomic mass is 16.2. The normalized spacial score (nSPS) is 36.9. The van der Waals surface area contributed by atoms with E-state index in [-0.39, 0.29) is 5.92 Å². The molecule has 2 saturated heterocycles. The summed E-state index contributed by atoms with van der Waals surface area (Å²) in [6.07, 6.45) is 10.2. The van der Waals surface area contributed by atoms with Crippen LogP contribution in [-0.2, 0) is 4.79 Å². The van der Waals surface area contributed by atoms with Crippen molar-refractivity contribution >= 4 is 5.91 Å². The lowest BCUT2D eigenvalue weighted by Crippen LogP contribution is -2.48. The maximum Gasteiger partial charge on any atom is 0.227 e. The Kier molecular flexibility index (Phi) is 4.11. The van der Waals surface area contributed by atoms with Crippen molar-refractivity contribution in [3.63, 3.8) is 0 Å². The van der Waals surface area contributed by atoms with E-state index in [1.165, 1.54) is 38.5 Å². The van der Waals surface area contributed by atoms with Gasteiger partial charge in [-0.2, -0.15) is 0 Å². The fourth-order valence-corrected chi connectivity index (χ4v) is 4.34. The number of amides is 1. The number of carbonyl (C=O) groups is 1. The third-order valence-corrected chi connectivity index (χ3v) is 5.54. The van der Waals surface area contributed by atoms with E-state index in [2.05, 4.69) is 17.1 Å². The van der Waals surface area contributed by atoms with Gasteiger partial charge >= 0.3 is 0 Å². The van der Waals surface area contributed by atoms with E-state index < -0.39 is 0 Å². The molecule has 2 aliphatic heterocycles. The van der Waals surface area contributed by atoms with Gasteiger partial charge in [0.15, 0.2) is 0 Å². The minimum atomic E-state index is 0.248. The van der Waals surface area contributed by atoms with Gasteiger partial charge in [-0.1, -0.05) is 12.8 Å². The highest BCUT2D eigenvalue weighted by Gasteiger charge is 2.38. The summed E-state index contributed by atoms with van der Waals surface area (Å²) in [5.41, 5.74) is 0. The van der Waals surface area contributed by atoms with Gasteiger partial charge < -0.3 is 10.2 Å². The average molecular weight is 264 g/mol. The van der Waals surface area contributed by atoms with Crippen LogP contribution in [0.1, 0.15) is 58.3 Å². The van der Waals surface area contributed by atoms with E-state index in [0.29, 0.717) is 18.0 Å². The van der Waals surface area contributed by atoms with Gasteiger partial charge in [-0.25, -0.2) is 0 Å². The summed E-state index contributed by atoms with van der Waals surface area (Å²) in [5.74, 6) is 1.51. The Morgan fingerprint density at radius 2 is 1.84 bits per heavy atom. The summed E-state index contributed by atoms with van der Waals surface area (Å²) in [5, 5.41) is 3.47. The van der Waals surface area contributed by atoms with Crippen molar-refractivity contribution in [3.8, 4) is 0 Å². The molecule has 19 heavy (non-hydrogen) atoms. The summed E-state index contributed by atoms with van der Waals surface area (Å²) in [4.78, 5) is 15.0. The zero-order chi connectivity index (χ0) is 13.2. The van der Waals surface area contributed by atoms with Crippen molar-refractivity contribution in [2.45, 2.75) is 70.4 Å². The Morgan fingerprint density at radius 1 is 1.05 bits per heavy atom. The largest absolute Gasteiger partial charge is 0.339 e. The van der Waals surface area contributed by atoms with Crippen molar-refractivity contribution < 1.29 is 4.79 Å². The molecule has 1 saturated carbocycles. The fourth-order valence-electron chi connectivity index (χ4n) is 4.34. The van der Waals surface area contributed by atoms with Crippen LogP contribution in [0.4, 0.5) is 0 Å². The predicted molar refractivity (Wildman–Crippen MR) is 76.9 cm³/mol. The molecule has 3 nitrogen and oxygen atoms in total. The standard InChI is InChI=1S/C16H28N2O/c1-12-8-9-14(11-17-12)16(19)18-10-4-7-15(18)13-5-2-3-6-13/h12-15,17H,2-11H2,1H3. The fraction of sp³-hybridized carbons (Fsp3) is 0.938. The van der Waals surface area contributed by atoms with E-state index in [0.717, 1.165) is 31.8 Å². The molecule has 0 aromatic carbocycles. The van der Waals surface area contributed by atoms with E-state index in [1.54, 1.807) is 0 Å². The zero-order valence-corrected chi connectivity index (χ0v) is 12.2. The Bertz CT molecular complexity index is 317. The average Bonchev–Trinajstić information content (AvgIpc) is 3.09. The van der Waals surface area contributed by atoms with Crippen LogP contribution in [0.25, 0.3) is 0 Å². The molecule has 0 radical (unpaired) electrons. The highest BCUT2D eigenvalue weighted by molar-refractivity contribution is 5.79. The number of hydrogen-bond acceptors (Lipinski definition) is 2. The van der Waals surface area contributed by atoms with Crippen molar-refractivity contribution in [1.82, 2.24) is 10.2 Å². The second-order valence-corrected chi connectivity index (χ2v) is 6.87. The number of hydrogen-bond donors (Lipinski definition) is 1. The first-order valence-corrected chi connectivity index (χ1v) is 8.29. The van der Waals surface area contributed by atoms with Gasteiger partial charge in [-0.15, -0.1) is 0 Å². The third kappa shape index (κ3) is 2.81. The highest BCUT2D eigenvalue weighted by Crippen LogP contribution is 2.36. The van der Waals surface area contributed by atoms with Crippen molar-refractivity contribution in [1.29, 1.82) is 0 Å². The molecule has 3 fully saturated rings. The number of piperidine rings is 1. The number of rotatable bonds is 2. The van der Waals surface area contributed by atoms with Gasteiger partial charge in [-0.05, 0) is 51.4 Å². The molecule has 108 valence electrons. The van der Waals surface area contributed by atoms with Gasteiger partial charge in [0.2, 0.25) is 5.91 Å². The van der Waals surface area contributed by atoms with Gasteiger partial charge in [0, 0.05) is 25.2 Å².